The minimum Gasteiger partial charge on any atom is -0.404 e. The second kappa shape index (κ2) is 28.4. The Morgan fingerprint density at radius 3 is 1.54 bits per heavy atom. The fourth-order valence-corrected chi connectivity index (χ4v) is 6.31. The molecule has 27 nitrogen and oxygen atoms in total. The Labute approximate surface area is 373 Å². The number of nitrogens with one attached hydrogen (secondary N) is 6. The third-order valence-electron chi connectivity index (χ3n) is 9.15. The molecule has 0 spiro atoms. The number of rotatable bonds is 31. The summed E-state index contributed by atoms with van der Waals surface area (Å²) in [4.78, 5) is 138. The predicted octanol–water partition coefficient (Wildman–Crippen LogP) is -5.79. The van der Waals surface area contributed by atoms with Crippen LogP contribution in [0, 0.1) is 0 Å². The molecule has 364 valence electrons. The number of amides is 9. The summed E-state index contributed by atoms with van der Waals surface area (Å²) in [6.45, 7) is 2.55. The van der Waals surface area contributed by atoms with E-state index in [9.17, 15) is 52.8 Å². The Balaban J connectivity index is 3.39. The second-order valence-corrected chi connectivity index (χ2v) is 16.0. The summed E-state index contributed by atoms with van der Waals surface area (Å²) in [5, 5.41) is 24.9. The van der Waals surface area contributed by atoms with Gasteiger partial charge in [-0.25, -0.2) is 4.57 Å². The topological polar surface area (TPSA) is 481 Å². The quantitative estimate of drug-likeness (QED) is 0.0143. The lowest BCUT2D eigenvalue weighted by Gasteiger charge is -2.28. The van der Waals surface area contributed by atoms with Gasteiger partial charge in [-0.05, 0) is 76.1 Å². The van der Waals surface area contributed by atoms with Crippen LogP contribution in [0.15, 0.2) is 29.3 Å². The van der Waals surface area contributed by atoms with E-state index in [2.05, 4.69) is 41.4 Å². The number of carbonyl (C=O) groups is 9. The number of unbranched alkanes of at least 4 members (excludes halogenated alkanes) is 1. The van der Waals surface area contributed by atoms with E-state index in [0.717, 1.165) is 13.8 Å². The van der Waals surface area contributed by atoms with E-state index in [1.54, 1.807) is 0 Å². The number of carbonyl (C=O) groups excluding carboxylic acids is 9. The number of aliphatic hydroxyl groups is 1. The Hall–Kier alpha value is -6.41. The van der Waals surface area contributed by atoms with Crippen molar-refractivity contribution < 1.29 is 67.1 Å². The summed E-state index contributed by atoms with van der Waals surface area (Å²) in [5.74, 6) is -8.76. The van der Waals surface area contributed by atoms with Gasteiger partial charge in [0.2, 0.25) is 53.2 Å². The monoisotopic (exact) mass is 943 g/mol. The molecular formula is C37H62N13O14P. The van der Waals surface area contributed by atoms with Crippen molar-refractivity contribution >= 4 is 66.9 Å². The second-order valence-electron chi connectivity index (χ2n) is 14.8. The molecular weight excluding hydrogens is 881 g/mol. The van der Waals surface area contributed by atoms with Gasteiger partial charge in [0, 0.05) is 32.7 Å². The van der Waals surface area contributed by atoms with Gasteiger partial charge in [0.25, 0.3) is 0 Å². The number of nitrogens with zero attached hydrogens (tertiary/aromatic N) is 1. The first-order chi connectivity index (χ1) is 30.3. The SMILES string of the molecule is CC(=O)N[C@@H](Cc1ccc(OP(=O)(O)O)cc1)C(=O)N[C@@H](CCC(N)=O)C(=O)N[C@@H](CCCCN)C(=O)N[C@@H](CCC(N)=O)C(=O)N[C@H](C(=O)N[C@@H](CCCN=C(N)N)C(N)=O)C(C)O. The standard InChI is InChI=1S/C37H62N13O14P/c1-19(51)30(36(60)46-23(31(41)55)7-5-17-44-37(42)43)50-34(58)26(13-15-29(40)54)48-32(56)24(6-3-4-16-38)47-33(57)25(12-14-28(39)53)49-35(59)27(45-20(2)52)18-21-8-10-22(11-9-21)64-65(61,62)63/h8-11,19,23-27,30,51H,3-7,12-18,38H2,1-2H3,(H2,39,53)(H2,40,54)(H2,41,55)(H,45,52)(H,46,60)(H,47,57)(H,48,56)(H,49,59)(H,50,58)(H4,42,43,44)(H2,61,62,63)/t19?,23-,24-,25-,26-,27-,30-/m0/s1. The molecule has 9 amide bonds. The molecule has 0 aliphatic heterocycles. The lowest BCUT2D eigenvalue weighted by Crippen LogP contribution is -2.61. The van der Waals surface area contributed by atoms with Crippen LogP contribution in [0.1, 0.15) is 77.2 Å². The maximum Gasteiger partial charge on any atom is 0.524 e. The first-order valence-electron chi connectivity index (χ1n) is 20.3. The van der Waals surface area contributed by atoms with Crippen molar-refractivity contribution in [3.8, 4) is 5.75 Å². The van der Waals surface area contributed by atoms with Crippen LogP contribution < -0.4 is 70.8 Å². The lowest BCUT2D eigenvalue weighted by atomic mass is 10.0. The van der Waals surface area contributed by atoms with E-state index in [0.29, 0.717) is 12.0 Å². The summed E-state index contributed by atoms with van der Waals surface area (Å²) in [6.07, 6.45) is -2.80. The highest BCUT2D eigenvalue weighted by Crippen LogP contribution is 2.37. The molecule has 0 aromatic heterocycles. The zero-order valence-corrected chi connectivity index (χ0v) is 36.9. The number of benzene rings is 1. The smallest absolute Gasteiger partial charge is 0.404 e. The normalized spacial score (nSPS) is 14.3. The van der Waals surface area contributed by atoms with Crippen LogP contribution in [0.5, 0.6) is 5.75 Å². The number of aliphatic hydroxyl groups excluding tert-OH is 1. The minimum atomic E-state index is -4.87. The lowest BCUT2D eigenvalue weighted by molar-refractivity contribution is -0.136. The van der Waals surface area contributed by atoms with E-state index < -0.39 is 123 Å². The highest BCUT2D eigenvalue weighted by Gasteiger charge is 2.35. The van der Waals surface area contributed by atoms with Crippen molar-refractivity contribution in [2.24, 2.45) is 39.4 Å². The van der Waals surface area contributed by atoms with E-state index in [1.165, 1.54) is 24.3 Å². The largest absolute Gasteiger partial charge is 0.524 e. The van der Waals surface area contributed by atoms with Crippen molar-refractivity contribution in [3.63, 3.8) is 0 Å². The number of hydrogen-bond donors (Lipinski definition) is 15. The number of nitrogens with two attached hydrogens (primary N) is 6. The molecule has 1 rings (SSSR count). The van der Waals surface area contributed by atoms with Crippen LogP contribution in [0.25, 0.3) is 0 Å². The zero-order chi connectivity index (χ0) is 49.4. The van der Waals surface area contributed by atoms with Gasteiger partial charge in [0.1, 0.15) is 42.0 Å². The maximum atomic E-state index is 13.9. The fourth-order valence-electron chi connectivity index (χ4n) is 5.91. The van der Waals surface area contributed by atoms with Crippen LogP contribution in [0.3, 0.4) is 0 Å². The first kappa shape index (κ1) is 56.6. The van der Waals surface area contributed by atoms with Crippen LogP contribution in [-0.2, 0) is 54.1 Å². The molecule has 0 saturated carbocycles. The molecule has 1 unspecified atom stereocenters. The van der Waals surface area contributed by atoms with Gasteiger partial charge in [-0.3, -0.25) is 57.9 Å². The van der Waals surface area contributed by atoms with Gasteiger partial charge >= 0.3 is 7.82 Å². The Kier molecular flexibility index (Phi) is 24.7. The molecule has 1 aromatic rings. The van der Waals surface area contributed by atoms with Crippen LogP contribution in [0.4, 0.5) is 0 Å². The molecule has 0 radical (unpaired) electrons. The maximum absolute atomic E-state index is 13.9. The van der Waals surface area contributed by atoms with Gasteiger partial charge in [-0.15, -0.1) is 0 Å². The molecule has 0 saturated heterocycles. The summed E-state index contributed by atoms with van der Waals surface area (Å²) >= 11 is 0. The van der Waals surface area contributed by atoms with Crippen molar-refractivity contribution in [1.29, 1.82) is 0 Å². The number of hydrogen-bond acceptors (Lipinski definition) is 14. The Morgan fingerprint density at radius 1 is 0.646 bits per heavy atom. The molecule has 21 N–H and O–H groups in total. The molecule has 0 heterocycles. The molecule has 7 atom stereocenters. The highest BCUT2D eigenvalue weighted by atomic mass is 31.2. The molecule has 0 fully saturated rings. The van der Waals surface area contributed by atoms with Crippen molar-refractivity contribution in [2.75, 3.05) is 13.1 Å². The minimum absolute atomic E-state index is 0.0216. The van der Waals surface area contributed by atoms with E-state index >= 15 is 0 Å². The number of phosphoric acid groups is 1. The number of phosphoric ester groups is 1. The Bertz CT molecular complexity index is 1890. The van der Waals surface area contributed by atoms with Gasteiger partial charge in [-0.2, -0.15) is 0 Å². The Morgan fingerprint density at radius 2 is 1.11 bits per heavy atom. The molecule has 0 aliphatic carbocycles. The zero-order valence-electron chi connectivity index (χ0n) is 36.0. The average molecular weight is 944 g/mol. The number of aliphatic imine (C=N–C) groups is 1. The van der Waals surface area contributed by atoms with Gasteiger partial charge in [0.05, 0.1) is 6.10 Å². The van der Waals surface area contributed by atoms with E-state index in [1.807, 2.05) is 0 Å². The molecule has 28 heteroatoms. The first-order valence-corrected chi connectivity index (χ1v) is 21.8. The summed E-state index contributed by atoms with van der Waals surface area (Å²) in [5.41, 5.74) is 32.7. The molecule has 0 aliphatic rings. The molecule has 1 aromatic carbocycles. The third kappa shape index (κ3) is 23.7. The van der Waals surface area contributed by atoms with Gasteiger partial charge in [0.15, 0.2) is 5.96 Å². The van der Waals surface area contributed by atoms with Crippen LogP contribution in [0.2, 0.25) is 0 Å². The van der Waals surface area contributed by atoms with E-state index in [4.69, 9.17) is 44.2 Å². The summed E-state index contributed by atoms with van der Waals surface area (Å²) < 4.78 is 15.7. The van der Waals surface area contributed by atoms with Crippen LogP contribution >= 0.6 is 7.82 Å². The summed E-state index contributed by atoms with van der Waals surface area (Å²) in [7, 11) is -4.87. The van der Waals surface area contributed by atoms with Gasteiger partial charge in [-0.1, -0.05) is 12.1 Å². The van der Waals surface area contributed by atoms with Crippen molar-refractivity contribution in [3.05, 3.63) is 29.8 Å². The number of primary amides is 3. The van der Waals surface area contributed by atoms with Crippen molar-refractivity contribution in [1.82, 2.24) is 31.9 Å². The predicted molar refractivity (Wildman–Crippen MR) is 231 cm³/mol. The van der Waals surface area contributed by atoms with E-state index in [-0.39, 0.29) is 63.3 Å². The molecule has 0 bridgehead atoms. The third-order valence-corrected chi connectivity index (χ3v) is 9.60. The van der Waals surface area contributed by atoms with Crippen LogP contribution in [-0.4, -0.2) is 129 Å². The average Bonchev–Trinajstić information content (AvgIpc) is 3.19. The summed E-state index contributed by atoms with van der Waals surface area (Å²) in [6, 6.07) is -3.82. The molecule has 65 heavy (non-hydrogen) atoms. The van der Waals surface area contributed by atoms with Gasteiger partial charge < -0.3 is 75.9 Å². The fraction of sp³-hybridized carbons (Fsp3) is 0.568. The number of guanidine groups is 1. The highest BCUT2D eigenvalue weighted by molar-refractivity contribution is 7.46. The van der Waals surface area contributed by atoms with Crippen molar-refractivity contribution in [2.45, 2.75) is 120 Å².